The summed E-state index contributed by atoms with van der Waals surface area (Å²) >= 11 is 0. The van der Waals surface area contributed by atoms with Crippen molar-refractivity contribution in [3.05, 3.63) is 23.3 Å². The third-order valence-electron chi connectivity index (χ3n) is 3.98. The summed E-state index contributed by atoms with van der Waals surface area (Å²) in [5.41, 5.74) is 0.519. The molecule has 1 aliphatic heterocycles. The standard InChI is InChI=1S/C15H23F3N6O/c1-8(2)12(25)7-24-9(3)11(6-21-24)22-14-20-5-10(15(16,17)18)13(19-4)23-14/h5-6,8,12,14,19,22-23,25H,7H2,1-4H3. The zero-order valence-corrected chi connectivity index (χ0v) is 14.5. The number of aliphatic hydroxyl groups is 1. The molecule has 2 unspecified atom stereocenters. The highest BCUT2D eigenvalue weighted by Crippen LogP contribution is 2.27. The Kier molecular flexibility index (Phi) is 5.61. The van der Waals surface area contributed by atoms with Crippen molar-refractivity contribution in [2.75, 3.05) is 12.4 Å². The van der Waals surface area contributed by atoms with Gasteiger partial charge in [-0.05, 0) is 12.8 Å². The van der Waals surface area contributed by atoms with Crippen molar-refractivity contribution in [2.45, 2.75) is 45.9 Å². The predicted octanol–water partition coefficient (Wildman–Crippen LogP) is 1.57. The molecule has 2 atom stereocenters. The second-order valence-electron chi connectivity index (χ2n) is 6.14. The summed E-state index contributed by atoms with van der Waals surface area (Å²) in [6.45, 7) is 5.97. The second kappa shape index (κ2) is 7.34. The topological polar surface area (TPSA) is 86.5 Å². The van der Waals surface area contributed by atoms with Crippen LogP contribution in [-0.2, 0) is 6.54 Å². The molecule has 1 aliphatic rings. The second-order valence-corrected chi connectivity index (χ2v) is 6.14. The van der Waals surface area contributed by atoms with Gasteiger partial charge in [0.2, 0.25) is 0 Å². The molecule has 10 heteroatoms. The van der Waals surface area contributed by atoms with Gasteiger partial charge in [0.25, 0.3) is 0 Å². The number of hydrogen-bond donors (Lipinski definition) is 4. The Balaban J connectivity index is 2.09. The normalized spacial score (nSPS) is 19.2. The van der Waals surface area contributed by atoms with Crippen molar-refractivity contribution in [2.24, 2.45) is 10.9 Å². The molecule has 2 heterocycles. The van der Waals surface area contributed by atoms with Crippen molar-refractivity contribution in [1.29, 1.82) is 0 Å². The lowest BCUT2D eigenvalue weighted by Gasteiger charge is -2.26. The molecule has 1 aromatic heterocycles. The van der Waals surface area contributed by atoms with Gasteiger partial charge in [-0.3, -0.25) is 4.68 Å². The average Bonchev–Trinajstić information content (AvgIpc) is 2.86. The molecule has 0 fully saturated rings. The monoisotopic (exact) mass is 360 g/mol. The van der Waals surface area contributed by atoms with E-state index in [9.17, 15) is 18.3 Å². The van der Waals surface area contributed by atoms with Crippen molar-refractivity contribution >= 4 is 11.9 Å². The number of aliphatic imine (C=N–C) groups is 1. The highest BCUT2D eigenvalue weighted by Gasteiger charge is 2.37. The highest BCUT2D eigenvalue weighted by atomic mass is 19.4. The summed E-state index contributed by atoms with van der Waals surface area (Å²) in [6, 6.07) is 0. The minimum atomic E-state index is -4.49. The number of alkyl halides is 3. The zero-order chi connectivity index (χ0) is 18.8. The molecule has 1 aromatic rings. The molecular weight excluding hydrogens is 337 g/mol. The molecule has 0 saturated heterocycles. The summed E-state index contributed by atoms with van der Waals surface area (Å²) in [5, 5.41) is 22.3. The summed E-state index contributed by atoms with van der Waals surface area (Å²) in [6.07, 6.45) is -3.44. The molecule has 0 amide bonds. The van der Waals surface area contributed by atoms with Gasteiger partial charge in [-0.25, -0.2) is 4.99 Å². The van der Waals surface area contributed by atoms with Gasteiger partial charge in [-0.1, -0.05) is 13.8 Å². The predicted molar refractivity (Wildman–Crippen MR) is 89.0 cm³/mol. The van der Waals surface area contributed by atoms with Gasteiger partial charge in [0, 0.05) is 13.3 Å². The maximum Gasteiger partial charge on any atom is 0.421 e. The van der Waals surface area contributed by atoms with E-state index in [1.54, 1.807) is 10.9 Å². The van der Waals surface area contributed by atoms with Crippen molar-refractivity contribution in [3.8, 4) is 0 Å². The highest BCUT2D eigenvalue weighted by molar-refractivity contribution is 5.82. The van der Waals surface area contributed by atoms with Crippen molar-refractivity contribution in [1.82, 2.24) is 20.4 Å². The number of anilines is 1. The zero-order valence-electron chi connectivity index (χ0n) is 14.5. The van der Waals surface area contributed by atoms with Crippen LogP contribution in [0.3, 0.4) is 0 Å². The Morgan fingerprint density at radius 2 is 2.08 bits per heavy atom. The minimum Gasteiger partial charge on any atom is -0.391 e. The Labute approximate surface area is 144 Å². The Hall–Kier alpha value is -2.23. The first-order valence-corrected chi connectivity index (χ1v) is 7.89. The van der Waals surface area contributed by atoms with E-state index in [1.807, 2.05) is 20.8 Å². The van der Waals surface area contributed by atoms with E-state index in [0.29, 0.717) is 12.2 Å². The largest absolute Gasteiger partial charge is 0.421 e. The Morgan fingerprint density at radius 1 is 1.40 bits per heavy atom. The molecule has 2 rings (SSSR count). The van der Waals surface area contributed by atoms with E-state index in [4.69, 9.17) is 0 Å². The third kappa shape index (κ3) is 4.44. The van der Waals surface area contributed by atoms with E-state index in [0.717, 1.165) is 11.9 Å². The Bertz CT molecular complexity index is 665. The first-order chi connectivity index (χ1) is 11.6. The van der Waals surface area contributed by atoms with Gasteiger partial charge in [0.05, 0.1) is 30.2 Å². The summed E-state index contributed by atoms with van der Waals surface area (Å²) < 4.78 is 40.3. The van der Waals surface area contributed by atoms with Gasteiger partial charge in [0.1, 0.15) is 11.4 Å². The first-order valence-electron chi connectivity index (χ1n) is 7.89. The van der Waals surface area contributed by atoms with E-state index >= 15 is 0 Å². The summed E-state index contributed by atoms with van der Waals surface area (Å²) in [7, 11) is 1.40. The number of halogens is 3. The van der Waals surface area contributed by atoms with Crippen LogP contribution in [-0.4, -0.2) is 46.7 Å². The maximum atomic E-state index is 12.9. The summed E-state index contributed by atoms with van der Waals surface area (Å²) in [5.74, 6) is -0.0611. The molecule has 0 spiro atoms. The van der Waals surface area contributed by atoms with Crippen molar-refractivity contribution < 1.29 is 18.3 Å². The Morgan fingerprint density at radius 3 is 2.64 bits per heavy atom. The van der Waals surface area contributed by atoms with Gasteiger partial charge < -0.3 is 21.1 Å². The van der Waals surface area contributed by atoms with E-state index < -0.39 is 24.1 Å². The number of aromatic nitrogens is 2. The minimum absolute atomic E-state index is 0.0914. The van der Waals surface area contributed by atoms with Crippen LogP contribution in [0, 0.1) is 12.8 Å². The van der Waals surface area contributed by atoms with Crippen LogP contribution in [0.15, 0.2) is 22.6 Å². The van der Waals surface area contributed by atoms with E-state index in [1.165, 1.54) is 7.05 Å². The SMILES string of the molecule is CNC1=C(C(F)(F)F)C=NC(Nc2cnn(CC(O)C(C)C)c2C)N1. The third-order valence-corrected chi connectivity index (χ3v) is 3.98. The maximum absolute atomic E-state index is 12.9. The molecular formula is C15H23F3N6O. The summed E-state index contributed by atoms with van der Waals surface area (Å²) in [4.78, 5) is 3.86. The molecule has 7 nitrogen and oxygen atoms in total. The van der Waals surface area contributed by atoms with Gasteiger partial charge in [-0.15, -0.1) is 0 Å². The lowest BCUT2D eigenvalue weighted by atomic mass is 10.1. The van der Waals surface area contributed by atoms with Crippen LogP contribution in [0.5, 0.6) is 0 Å². The molecule has 140 valence electrons. The number of aliphatic hydroxyl groups excluding tert-OH is 1. The number of nitrogens with zero attached hydrogens (tertiary/aromatic N) is 3. The lowest BCUT2D eigenvalue weighted by molar-refractivity contribution is -0.0872. The number of hydrogen-bond acceptors (Lipinski definition) is 6. The van der Waals surface area contributed by atoms with Crippen LogP contribution in [0.1, 0.15) is 19.5 Å². The quantitative estimate of drug-likeness (QED) is 0.619. The molecule has 0 saturated carbocycles. The molecule has 0 aromatic carbocycles. The number of nitrogens with one attached hydrogen (secondary N) is 3. The molecule has 0 aliphatic carbocycles. The van der Waals surface area contributed by atoms with E-state index in [2.05, 4.69) is 26.0 Å². The van der Waals surface area contributed by atoms with Crippen LogP contribution >= 0.6 is 0 Å². The van der Waals surface area contributed by atoms with Crippen LogP contribution < -0.4 is 16.0 Å². The fourth-order valence-electron chi connectivity index (χ4n) is 2.27. The van der Waals surface area contributed by atoms with Crippen molar-refractivity contribution in [3.63, 3.8) is 0 Å². The smallest absolute Gasteiger partial charge is 0.391 e. The molecule has 4 N–H and O–H groups in total. The lowest BCUT2D eigenvalue weighted by Crippen LogP contribution is -2.43. The molecule has 25 heavy (non-hydrogen) atoms. The van der Waals surface area contributed by atoms with Gasteiger partial charge >= 0.3 is 6.18 Å². The number of allylic oxidation sites excluding steroid dienone is 1. The average molecular weight is 360 g/mol. The fourth-order valence-corrected chi connectivity index (χ4v) is 2.27. The van der Waals surface area contributed by atoms with E-state index in [-0.39, 0.29) is 11.7 Å². The van der Waals surface area contributed by atoms with Gasteiger partial charge in [-0.2, -0.15) is 18.3 Å². The molecule has 0 bridgehead atoms. The number of rotatable bonds is 6. The van der Waals surface area contributed by atoms with Crippen LogP contribution in [0.25, 0.3) is 0 Å². The molecule has 0 radical (unpaired) electrons. The van der Waals surface area contributed by atoms with Crippen LogP contribution in [0.2, 0.25) is 0 Å². The first kappa shape index (κ1) is 19.1. The van der Waals surface area contributed by atoms with Crippen LogP contribution in [0.4, 0.5) is 18.9 Å². The fraction of sp³-hybridized carbons (Fsp3) is 0.600. The van der Waals surface area contributed by atoms with Gasteiger partial charge in [0.15, 0.2) is 6.29 Å².